The second-order valence-corrected chi connectivity index (χ2v) is 6.97. The lowest BCUT2D eigenvalue weighted by Crippen LogP contribution is -2.52. The summed E-state index contributed by atoms with van der Waals surface area (Å²) in [4.78, 5) is 26.2. The molecule has 7 heteroatoms. The first-order chi connectivity index (χ1) is 12.4. The molecule has 0 fully saturated rings. The van der Waals surface area contributed by atoms with Crippen molar-refractivity contribution < 1.29 is 14.3 Å². The number of hydrogen-bond donors (Lipinski definition) is 1. The number of amides is 1. The van der Waals surface area contributed by atoms with Gasteiger partial charge in [-0.1, -0.05) is 53.5 Å². The Bertz CT molecular complexity index is 856. The van der Waals surface area contributed by atoms with E-state index >= 15 is 0 Å². The van der Waals surface area contributed by atoms with Crippen LogP contribution in [-0.4, -0.2) is 29.0 Å². The summed E-state index contributed by atoms with van der Waals surface area (Å²) in [7, 11) is 0. The molecule has 0 saturated heterocycles. The van der Waals surface area contributed by atoms with Crippen molar-refractivity contribution in [3.05, 3.63) is 69.2 Å². The minimum absolute atomic E-state index is 0.128. The van der Waals surface area contributed by atoms with Gasteiger partial charge in [0.05, 0.1) is 11.1 Å². The number of hydrogen-bond acceptors (Lipinski definition) is 4. The molecule has 2 aromatic carbocycles. The lowest BCUT2D eigenvalue weighted by Gasteiger charge is -2.39. The van der Waals surface area contributed by atoms with Crippen molar-refractivity contribution in [3.63, 3.8) is 0 Å². The Morgan fingerprint density at radius 2 is 1.92 bits per heavy atom. The SMILES string of the molecule is C[C@H](OC(N)=O)N1Cc2cccc(Cl)c2C(=O)C1Cc1ccccc1Cl. The zero-order chi connectivity index (χ0) is 18.8. The third kappa shape index (κ3) is 3.70. The Balaban J connectivity index is 2.01. The first kappa shape index (κ1) is 18.7. The van der Waals surface area contributed by atoms with E-state index in [2.05, 4.69) is 0 Å². The summed E-state index contributed by atoms with van der Waals surface area (Å²) in [6.45, 7) is 2.10. The highest BCUT2D eigenvalue weighted by molar-refractivity contribution is 6.34. The van der Waals surface area contributed by atoms with Crippen LogP contribution in [0.1, 0.15) is 28.4 Å². The predicted molar refractivity (Wildman–Crippen MR) is 100 cm³/mol. The molecule has 1 heterocycles. The fraction of sp³-hybridized carbons (Fsp3) is 0.263. The van der Waals surface area contributed by atoms with E-state index in [1.54, 1.807) is 30.0 Å². The van der Waals surface area contributed by atoms with Crippen LogP contribution in [0.15, 0.2) is 42.5 Å². The van der Waals surface area contributed by atoms with Crippen molar-refractivity contribution in [1.82, 2.24) is 4.90 Å². The van der Waals surface area contributed by atoms with Gasteiger partial charge in [0.15, 0.2) is 12.0 Å². The fourth-order valence-electron chi connectivity index (χ4n) is 3.30. The number of halogens is 2. The number of nitrogens with two attached hydrogens (primary N) is 1. The van der Waals surface area contributed by atoms with Gasteiger partial charge in [-0.2, -0.15) is 0 Å². The number of Topliss-reactive ketones (excluding diaryl/α,β-unsaturated/α-hetero) is 1. The zero-order valence-electron chi connectivity index (χ0n) is 14.1. The zero-order valence-corrected chi connectivity index (χ0v) is 15.6. The molecule has 0 saturated carbocycles. The summed E-state index contributed by atoms with van der Waals surface area (Å²) in [5.41, 5.74) is 7.29. The summed E-state index contributed by atoms with van der Waals surface area (Å²) >= 11 is 12.6. The Kier molecular flexibility index (Phi) is 5.51. The number of rotatable bonds is 4. The van der Waals surface area contributed by atoms with Crippen molar-refractivity contribution in [1.29, 1.82) is 0 Å². The lowest BCUT2D eigenvalue weighted by molar-refractivity contribution is -0.0258. The summed E-state index contributed by atoms with van der Waals surface area (Å²) < 4.78 is 5.13. The number of primary amides is 1. The average molecular weight is 393 g/mol. The highest BCUT2D eigenvalue weighted by Gasteiger charge is 2.38. The number of carbonyl (C=O) groups excluding carboxylic acids is 2. The fourth-order valence-corrected chi connectivity index (χ4v) is 3.80. The van der Waals surface area contributed by atoms with E-state index in [-0.39, 0.29) is 5.78 Å². The smallest absolute Gasteiger partial charge is 0.406 e. The highest BCUT2D eigenvalue weighted by Crippen LogP contribution is 2.32. The standard InChI is InChI=1S/C19H18Cl2N2O3/c1-11(26-19(22)25)23-10-13-6-4-8-15(21)17(13)18(24)16(23)9-12-5-2-3-7-14(12)20/h2-8,11,16H,9-10H2,1H3,(H2,22,25)/t11-,16?/m0/s1. The minimum atomic E-state index is -0.890. The molecule has 0 aromatic heterocycles. The van der Waals surface area contributed by atoms with Gasteiger partial charge in [-0.15, -0.1) is 0 Å². The van der Waals surface area contributed by atoms with E-state index < -0.39 is 18.4 Å². The molecule has 26 heavy (non-hydrogen) atoms. The summed E-state index contributed by atoms with van der Waals surface area (Å²) in [6, 6.07) is 12.1. The number of nitrogens with zero attached hydrogens (tertiary/aromatic N) is 1. The normalized spacial score (nSPS) is 18.3. The van der Waals surface area contributed by atoms with Crippen LogP contribution >= 0.6 is 23.2 Å². The molecule has 5 nitrogen and oxygen atoms in total. The molecule has 1 aliphatic rings. The molecule has 0 bridgehead atoms. The van der Waals surface area contributed by atoms with E-state index in [9.17, 15) is 9.59 Å². The summed E-state index contributed by atoms with van der Waals surface area (Å²) in [6.07, 6.45) is -1.19. The van der Waals surface area contributed by atoms with Crippen LogP contribution in [0, 0.1) is 0 Å². The van der Waals surface area contributed by atoms with Gasteiger partial charge < -0.3 is 10.5 Å². The van der Waals surface area contributed by atoms with Crippen LogP contribution in [0.3, 0.4) is 0 Å². The monoisotopic (exact) mass is 392 g/mol. The first-order valence-corrected chi connectivity index (χ1v) is 8.91. The molecule has 0 aliphatic carbocycles. The Morgan fingerprint density at radius 1 is 1.23 bits per heavy atom. The largest absolute Gasteiger partial charge is 0.431 e. The predicted octanol–water partition coefficient (Wildman–Crippen LogP) is 4.04. The van der Waals surface area contributed by atoms with Crippen LogP contribution in [0.2, 0.25) is 10.0 Å². The number of ether oxygens (including phenoxy) is 1. The molecule has 136 valence electrons. The van der Waals surface area contributed by atoms with Crippen LogP contribution in [0.25, 0.3) is 0 Å². The van der Waals surface area contributed by atoms with Crippen molar-refractivity contribution in [2.24, 2.45) is 5.73 Å². The second-order valence-electron chi connectivity index (χ2n) is 6.16. The van der Waals surface area contributed by atoms with Gasteiger partial charge in [0.1, 0.15) is 0 Å². The van der Waals surface area contributed by atoms with Crippen LogP contribution in [0.4, 0.5) is 4.79 Å². The van der Waals surface area contributed by atoms with Crippen LogP contribution < -0.4 is 5.73 Å². The minimum Gasteiger partial charge on any atom is -0.431 e. The maximum Gasteiger partial charge on any atom is 0.406 e. The maximum absolute atomic E-state index is 13.2. The van der Waals surface area contributed by atoms with Crippen LogP contribution in [-0.2, 0) is 17.7 Å². The van der Waals surface area contributed by atoms with Crippen molar-refractivity contribution in [2.75, 3.05) is 0 Å². The molecule has 1 amide bonds. The van der Waals surface area contributed by atoms with Gasteiger partial charge in [0, 0.05) is 17.1 Å². The van der Waals surface area contributed by atoms with Gasteiger partial charge in [0.25, 0.3) is 0 Å². The molecule has 1 unspecified atom stereocenters. The van der Waals surface area contributed by atoms with Crippen molar-refractivity contribution in [3.8, 4) is 0 Å². The molecular formula is C19H18Cl2N2O3. The van der Waals surface area contributed by atoms with Gasteiger partial charge in [-0.25, -0.2) is 4.79 Å². The quantitative estimate of drug-likeness (QED) is 0.851. The summed E-state index contributed by atoms with van der Waals surface area (Å²) in [5.74, 6) is -0.128. The molecule has 2 aromatic rings. The van der Waals surface area contributed by atoms with Crippen LogP contribution in [0.5, 0.6) is 0 Å². The lowest BCUT2D eigenvalue weighted by atomic mass is 9.88. The number of benzene rings is 2. The van der Waals surface area contributed by atoms with Crippen molar-refractivity contribution >= 4 is 35.1 Å². The van der Waals surface area contributed by atoms with Gasteiger partial charge in [-0.05, 0) is 36.6 Å². The number of fused-ring (bicyclic) bond motifs is 1. The Hall–Kier alpha value is -2.08. The van der Waals surface area contributed by atoms with Gasteiger partial charge in [0.2, 0.25) is 0 Å². The molecule has 2 atom stereocenters. The molecule has 0 radical (unpaired) electrons. The van der Waals surface area contributed by atoms with E-state index in [1.807, 2.05) is 24.3 Å². The Labute approximate surface area is 161 Å². The van der Waals surface area contributed by atoms with E-state index in [1.165, 1.54) is 0 Å². The Morgan fingerprint density at radius 3 is 2.62 bits per heavy atom. The molecule has 1 aliphatic heterocycles. The first-order valence-electron chi connectivity index (χ1n) is 8.15. The molecular weight excluding hydrogens is 375 g/mol. The molecule has 3 rings (SSSR count). The number of ketones is 1. The van der Waals surface area contributed by atoms with Gasteiger partial charge in [-0.3, -0.25) is 9.69 Å². The maximum atomic E-state index is 13.2. The summed E-state index contributed by atoms with van der Waals surface area (Å²) in [5, 5.41) is 0.994. The van der Waals surface area contributed by atoms with E-state index in [0.717, 1.165) is 11.1 Å². The van der Waals surface area contributed by atoms with E-state index in [0.29, 0.717) is 28.6 Å². The second kappa shape index (κ2) is 7.66. The van der Waals surface area contributed by atoms with Crippen molar-refractivity contribution in [2.45, 2.75) is 32.2 Å². The average Bonchev–Trinajstić information content (AvgIpc) is 2.58. The van der Waals surface area contributed by atoms with E-state index in [4.69, 9.17) is 33.7 Å². The third-order valence-corrected chi connectivity index (χ3v) is 5.21. The molecule has 2 N–H and O–H groups in total. The number of carbonyl (C=O) groups is 2. The topological polar surface area (TPSA) is 72.6 Å². The molecule has 0 spiro atoms. The highest BCUT2D eigenvalue weighted by atomic mass is 35.5. The third-order valence-electron chi connectivity index (χ3n) is 4.53. The van der Waals surface area contributed by atoms with Gasteiger partial charge >= 0.3 is 6.09 Å².